The Bertz CT molecular complexity index is 441. The number of methoxy groups -OCH3 is 2. The molecule has 0 bridgehead atoms. The summed E-state index contributed by atoms with van der Waals surface area (Å²) in [4.78, 5) is 37.4. The van der Waals surface area contributed by atoms with E-state index in [4.69, 9.17) is 0 Å². The Labute approximate surface area is 91.2 Å². The van der Waals surface area contributed by atoms with Crippen LogP contribution in [-0.4, -0.2) is 36.9 Å². The van der Waals surface area contributed by atoms with Crippen LogP contribution in [0.2, 0.25) is 0 Å². The number of pyridine rings is 1. The van der Waals surface area contributed by atoms with Gasteiger partial charge in [0, 0.05) is 6.20 Å². The third-order valence-corrected chi connectivity index (χ3v) is 1.80. The number of ether oxygens (including phenoxy) is 2. The van der Waals surface area contributed by atoms with Crippen LogP contribution in [0.25, 0.3) is 0 Å². The highest BCUT2D eigenvalue weighted by Crippen LogP contribution is 2.08. The van der Waals surface area contributed by atoms with Gasteiger partial charge in [-0.1, -0.05) is 0 Å². The zero-order chi connectivity index (χ0) is 12.1. The lowest BCUT2D eigenvalue weighted by atomic mass is 10.1. The van der Waals surface area contributed by atoms with E-state index in [1.165, 1.54) is 25.4 Å². The molecule has 0 amide bonds. The molecular formula is C10H9NO5. The summed E-state index contributed by atoms with van der Waals surface area (Å²) in [5, 5.41) is 0. The highest BCUT2D eigenvalue weighted by molar-refractivity contribution is 6.41. The van der Waals surface area contributed by atoms with Crippen LogP contribution >= 0.6 is 0 Å². The summed E-state index contributed by atoms with van der Waals surface area (Å²) in [6, 6.07) is 2.80. The van der Waals surface area contributed by atoms with Gasteiger partial charge in [-0.3, -0.25) is 9.78 Å². The van der Waals surface area contributed by atoms with Gasteiger partial charge < -0.3 is 9.47 Å². The van der Waals surface area contributed by atoms with Crippen LogP contribution in [0.3, 0.4) is 0 Å². The number of carbonyl (C=O) groups excluding carboxylic acids is 3. The summed E-state index contributed by atoms with van der Waals surface area (Å²) in [6.45, 7) is 0. The van der Waals surface area contributed by atoms with E-state index < -0.39 is 17.7 Å². The number of hydrogen-bond acceptors (Lipinski definition) is 6. The van der Waals surface area contributed by atoms with Gasteiger partial charge in [-0.25, -0.2) is 9.59 Å². The first-order chi connectivity index (χ1) is 7.61. The minimum atomic E-state index is -1.08. The van der Waals surface area contributed by atoms with E-state index in [2.05, 4.69) is 14.5 Å². The fourth-order valence-corrected chi connectivity index (χ4v) is 1.05. The van der Waals surface area contributed by atoms with Crippen LogP contribution in [0.4, 0.5) is 0 Å². The molecule has 0 saturated carbocycles. The Morgan fingerprint density at radius 1 is 1.19 bits per heavy atom. The monoisotopic (exact) mass is 223 g/mol. The average molecular weight is 223 g/mol. The van der Waals surface area contributed by atoms with E-state index in [0.29, 0.717) is 0 Å². The maximum atomic E-state index is 11.5. The quantitative estimate of drug-likeness (QED) is 0.414. The van der Waals surface area contributed by atoms with E-state index in [1.807, 2.05) is 0 Å². The Kier molecular flexibility index (Phi) is 3.71. The summed E-state index contributed by atoms with van der Waals surface area (Å²) in [5.74, 6) is -2.80. The molecule has 6 heteroatoms. The van der Waals surface area contributed by atoms with Crippen molar-refractivity contribution in [1.82, 2.24) is 4.98 Å². The van der Waals surface area contributed by atoms with Crippen molar-refractivity contribution in [3.8, 4) is 0 Å². The predicted molar refractivity (Wildman–Crippen MR) is 51.9 cm³/mol. The molecule has 0 spiro atoms. The number of esters is 2. The zero-order valence-corrected chi connectivity index (χ0v) is 8.72. The largest absolute Gasteiger partial charge is 0.465 e. The highest BCUT2D eigenvalue weighted by atomic mass is 16.5. The van der Waals surface area contributed by atoms with Gasteiger partial charge >= 0.3 is 11.9 Å². The summed E-state index contributed by atoms with van der Waals surface area (Å²) in [5.41, 5.74) is -0.346. The normalized spacial score (nSPS) is 9.38. The number of Topliss-reactive ketones (excluding diaryl/α,β-unsaturated/α-hetero) is 1. The number of rotatable bonds is 3. The molecule has 0 N–H and O–H groups in total. The molecule has 1 aromatic rings. The van der Waals surface area contributed by atoms with Crippen LogP contribution in [0, 0.1) is 0 Å². The van der Waals surface area contributed by atoms with E-state index in [1.54, 1.807) is 0 Å². The maximum Gasteiger partial charge on any atom is 0.381 e. The van der Waals surface area contributed by atoms with Crippen LogP contribution in [0.1, 0.15) is 20.8 Å². The number of hydrogen-bond donors (Lipinski definition) is 0. The maximum absolute atomic E-state index is 11.5. The van der Waals surface area contributed by atoms with Crippen molar-refractivity contribution in [3.63, 3.8) is 0 Å². The molecule has 0 aromatic carbocycles. The SMILES string of the molecule is COC(=O)C(=O)c1ncccc1C(=O)OC. The summed E-state index contributed by atoms with van der Waals surface area (Å²) in [6.07, 6.45) is 1.29. The highest BCUT2D eigenvalue weighted by Gasteiger charge is 2.24. The van der Waals surface area contributed by atoms with Gasteiger partial charge in [0.05, 0.1) is 19.8 Å². The first kappa shape index (κ1) is 11.8. The van der Waals surface area contributed by atoms with Crippen LogP contribution in [-0.2, 0) is 14.3 Å². The van der Waals surface area contributed by atoms with Gasteiger partial charge in [-0.2, -0.15) is 0 Å². The first-order valence-electron chi connectivity index (χ1n) is 4.27. The molecule has 0 fully saturated rings. The van der Waals surface area contributed by atoms with E-state index in [0.717, 1.165) is 7.11 Å². The van der Waals surface area contributed by atoms with E-state index >= 15 is 0 Å². The van der Waals surface area contributed by atoms with Gasteiger partial charge in [0.25, 0.3) is 5.78 Å². The molecule has 0 aliphatic rings. The van der Waals surface area contributed by atoms with E-state index in [-0.39, 0.29) is 11.3 Å². The standard InChI is InChI=1S/C10H9NO5/c1-15-9(13)6-4-3-5-11-7(6)8(12)10(14)16-2/h3-5H,1-2H3. The Morgan fingerprint density at radius 2 is 1.88 bits per heavy atom. The van der Waals surface area contributed by atoms with E-state index in [9.17, 15) is 14.4 Å². The van der Waals surface area contributed by atoms with Crippen molar-refractivity contribution < 1.29 is 23.9 Å². The minimum absolute atomic E-state index is 0.0691. The fourth-order valence-electron chi connectivity index (χ4n) is 1.05. The van der Waals surface area contributed by atoms with Crippen molar-refractivity contribution >= 4 is 17.7 Å². The molecule has 16 heavy (non-hydrogen) atoms. The molecule has 0 aliphatic heterocycles. The lowest BCUT2D eigenvalue weighted by Gasteiger charge is -2.03. The van der Waals surface area contributed by atoms with Gasteiger partial charge in [0.1, 0.15) is 5.69 Å². The molecule has 0 aliphatic carbocycles. The zero-order valence-electron chi connectivity index (χ0n) is 8.72. The molecule has 1 heterocycles. The molecule has 84 valence electrons. The summed E-state index contributed by atoms with van der Waals surface area (Å²) < 4.78 is 8.71. The van der Waals surface area contributed by atoms with Crippen LogP contribution < -0.4 is 0 Å². The second-order valence-corrected chi connectivity index (χ2v) is 2.71. The van der Waals surface area contributed by atoms with Crippen LogP contribution in [0.15, 0.2) is 18.3 Å². The second-order valence-electron chi connectivity index (χ2n) is 2.71. The number of ketones is 1. The Hall–Kier alpha value is -2.24. The molecule has 6 nitrogen and oxygen atoms in total. The van der Waals surface area contributed by atoms with Crippen molar-refractivity contribution in [2.45, 2.75) is 0 Å². The molecular weight excluding hydrogens is 214 g/mol. The molecule has 0 radical (unpaired) electrons. The van der Waals surface area contributed by atoms with Gasteiger partial charge in [0.15, 0.2) is 0 Å². The molecule has 0 atom stereocenters. The van der Waals surface area contributed by atoms with Gasteiger partial charge in [0.2, 0.25) is 0 Å². The second kappa shape index (κ2) is 5.01. The third kappa shape index (κ3) is 2.22. The minimum Gasteiger partial charge on any atom is -0.465 e. The van der Waals surface area contributed by atoms with Crippen LogP contribution in [0.5, 0.6) is 0 Å². The number of nitrogens with zero attached hydrogens (tertiary/aromatic N) is 1. The summed E-state index contributed by atoms with van der Waals surface area (Å²) in [7, 11) is 2.24. The third-order valence-electron chi connectivity index (χ3n) is 1.80. The van der Waals surface area contributed by atoms with Crippen molar-refractivity contribution in [2.75, 3.05) is 14.2 Å². The van der Waals surface area contributed by atoms with Crippen molar-refractivity contribution in [2.24, 2.45) is 0 Å². The smallest absolute Gasteiger partial charge is 0.381 e. The Morgan fingerprint density at radius 3 is 2.44 bits per heavy atom. The number of carbonyl (C=O) groups is 3. The van der Waals surface area contributed by atoms with Crippen molar-refractivity contribution in [1.29, 1.82) is 0 Å². The fraction of sp³-hybridized carbons (Fsp3) is 0.200. The molecule has 0 saturated heterocycles. The predicted octanol–water partition coefficient (Wildman–Crippen LogP) is 0.224. The molecule has 1 aromatic heterocycles. The first-order valence-corrected chi connectivity index (χ1v) is 4.27. The van der Waals surface area contributed by atoms with Gasteiger partial charge in [-0.05, 0) is 12.1 Å². The Balaban J connectivity index is 3.18. The topological polar surface area (TPSA) is 82.6 Å². The molecule has 1 rings (SSSR count). The average Bonchev–Trinajstić information content (AvgIpc) is 2.35. The molecule has 0 unspecified atom stereocenters. The van der Waals surface area contributed by atoms with Crippen molar-refractivity contribution in [3.05, 3.63) is 29.6 Å². The number of aromatic nitrogens is 1. The lowest BCUT2D eigenvalue weighted by Crippen LogP contribution is -2.21. The van der Waals surface area contributed by atoms with Gasteiger partial charge in [-0.15, -0.1) is 0 Å². The lowest BCUT2D eigenvalue weighted by molar-refractivity contribution is -0.135. The summed E-state index contributed by atoms with van der Waals surface area (Å²) >= 11 is 0.